The fourth-order valence-corrected chi connectivity index (χ4v) is 5.09. The molecule has 4 aromatic rings. The van der Waals surface area contributed by atoms with Crippen molar-refractivity contribution < 1.29 is 9.53 Å². The minimum absolute atomic E-state index is 0.0872. The second kappa shape index (κ2) is 8.64. The van der Waals surface area contributed by atoms with E-state index in [-0.39, 0.29) is 17.6 Å². The Balaban J connectivity index is 1.36. The lowest BCUT2D eigenvalue weighted by Gasteiger charge is -2.13. The average molecular weight is 467 g/mol. The van der Waals surface area contributed by atoms with Crippen LogP contribution in [0.1, 0.15) is 47.7 Å². The normalized spacial score (nSPS) is 14.6. The highest BCUT2D eigenvalue weighted by molar-refractivity contribution is 8.00. The van der Waals surface area contributed by atoms with Crippen molar-refractivity contribution in [3.05, 3.63) is 70.6 Å². The lowest BCUT2D eigenvalue weighted by Crippen LogP contribution is -2.16. The van der Waals surface area contributed by atoms with Gasteiger partial charge in [0.05, 0.1) is 10.3 Å². The van der Waals surface area contributed by atoms with Crippen molar-refractivity contribution >= 4 is 40.0 Å². The van der Waals surface area contributed by atoms with E-state index in [0.717, 1.165) is 46.0 Å². The van der Waals surface area contributed by atoms with E-state index in [1.54, 1.807) is 6.07 Å². The van der Waals surface area contributed by atoms with Gasteiger partial charge in [-0.15, -0.1) is 10.2 Å². The van der Waals surface area contributed by atoms with Gasteiger partial charge in [-0.05, 0) is 44.9 Å². The molecular formula is C24H23ClN4O2S. The summed E-state index contributed by atoms with van der Waals surface area (Å²) in [5.41, 5.74) is 2.62. The van der Waals surface area contributed by atoms with Crippen LogP contribution in [0.15, 0.2) is 53.7 Å². The molecule has 2 aromatic carbocycles. The van der Waals surface area contributed by atoms with Crippen LogP contribution in [0, 0.1) is 6.92 Å². The molecular weight excluding hydrogens is 444 g/mol. The molecule has 2 aromatic heterocycles. The molecule has 8 heteroatoms. The summed E-state index contributed by atoms with van der Waals surface area (Å²) in [4.78, 5) is 16.7. The van der Waals surface area contributed by atoms with E-state index in [0.29, 0.717) is 16.8 Å². The zero-order valence-corrected chi connectivity index (χ0v) is 19.4. The molecule has 0 saturated heterocycles. The number of aromatic amines is 1. The number of thioether (sulfide) groups is 1. The van der Waals surface area contributed by atoms with Gasteiger partial charge >= 0.3 is 0 Å². The molecule has 0 aliphatic heterocycles. The maximum absolute atomic E-state index is 13.4. The number of hydrogen-bond acceptors (Lipinski definition) is 5. The van der Waals surface area contributed by atoms with Crippen molar-refractivity contribution in [1.29, 1.82) is 0 Å². The van der Waals surface area contributed by atoms with Crippen LogP contribution in [0.2, 0.25) is 5.02 Å². The monoisotopic (exact) mass is 466 g/mol. The van der Waals surface area contributed by atoms with Crippen molar-refractivity contribution in [2.45, 2.75) is 49.7 Å². The van der Waals surface area contributed by atoms with Crippen LogP contribution in [0.4, 0.5) is 0 Å². The highest BCUT2D eigenvalue weighted by atomic mass is 35.5. The second-order valence-electron chi connectivity index (χ2n) is 8.01. The molecule has 32 heavy (non-hydrogen) atoms. The second-order valence-corrected chi connectivity index (χ2v) is 9.73. The van der Waals surface area contributed by atoms with Gasteiger partial charge in [-0.1, -0.05) is 53.7 Å². The fourth-order valence-electron chi connectivity index (χ4n) is 3.90. The predicted molar refractivity (Wildman–Crippen MR) is 127 cm³/mol. The van der Waals surface area contributed by atoms with Crippen molar-refractivity contribution in [2.24, 2.45) is 0 Å². The van der Waals surface area contributed by atoms with Gasteiger partial charge in [0.25, 0.3) is 0 Å². The summed E-state index contributed by atoms with van der Waals surface area (Å²) in [6, 6.07) is 15.6. The number of benzene rings is 2. The Bertz CT molecular complexity index is 1290. The van der Waals surface area contributed by atoms with Crippen molar-refractivity contribution in [2.75, 3.05) is 0 Å². The van der Waals surface area contributed by atoms with Gasteiger partial charge in [-0.25, -0.2) is 0 Å². The fraction of sp³-hybridized carbons (Fsp3) is 0.292. The molecule has 0 bridgehead atoms. The minimum atomic E-state index is -0.299. The molecule has 1 aliphatic carbocycles. The summed E-state index contributed by atoms with van der Waals surface area (Å²) in [7, 11) is 0. The van der Waals surface area contributed by atoms with Gasteiger partial charge in [-0.2, -0.15) is 0 Å². The molecule has 1 fully saturated rings. The number of carbonyl (C=O) groups excluding carboxylic acids is 1. The number of nitrogens with one attached hydrogen (secondary N) is 1. The number of nitrogens with zero attached hydrogens (tertiary/aromatic N) is 3. The summed E-state index contributed by atoms with van der Waals surface area (Å²) in [5, 5.41) is 10.8. The molecule has 164 valence electrons. The largest absolute Gasteiger partial charge is 0.484 e. The standard InChI is InChI=1S/C24H23ClN4O2S/c1-14-22(17-7-3-5-9-19(17)26-14)23(30)15(2)32-24-28-27-21(29(24)16-11-12-16)13-31-20-10-6-4-8-18(20)25/h3-10,15-16,26H,11-13H2,1-2H3. The average Bonchev–Trinajstić information content (AvgIpc) is 3.46. The third-order valence-corrected chi connectivity index (χ3v) is 7.00. The maximum Gasteiger partial charge on any atom is 0.192 e. The van der Waals surface area contributed by atoms with E-state index < -0.39 is 0 Å². The number of Topliss-reactive ketones (excluding diaryl/α,β-unsaturated/α-hetero) is 1. The van der Waals surface area contributed by atoms with Crippen LogP contribution in [0.5, 0.6) is 5.75 Å². The first-order valence-electron chi connectivity index (χ1n) is 10.6. The maximum atomic E-state index is 13.4. The summed E-state index contributed by atoms with van der Waals surface area (Å²) in [5.74, 6) is 1.45. The highest BCUT2D eigenvalue weighted by Gasteiger charge is 2.32. The van der Waals surface area contributed by atoms with Gasteiger partial charge in [0.15, 0.2) is 16.8 Å². The number of carbonyl (C=O) groups is 1. The van der Waals surface area contributed by atoms with Crippen LogP contribution >= 0.6 is 23.4 Å². The van der Waals surface area contributed by atoms with Crippen LogP contribution in [0.25, 0.3) is 10.9 Å². The van der Waals surface area contributed by atoms with Crippen LogP contribution in [-0.2, 0) is 6.61 Å². The molecule has 5 rings (SSSR count). The lowest BCUT2D eigenvalue weighted by atomic mass is 10.1. The number of aryl methyl sites for hydroxylation is 1. The van der Waals surface area contributed by atoms with E-state index in [4.69, 9.17) is 16.3 Å². The van der Waals surface area contributed by atoms with Gasteiger partial charge in [0.1, 0.15) is 12.4 Å². The quantitative estimate of drug-likeness (QED) is 0.254. The van der Waals surface area contributed by atoms with Crippen LogP contribution in [-0.4, -0.2) is 30.8 Å². The van der Waals surface area contributed by atoms with Crippen LogP contribution in [0.3, 0.4) is 0 Å². The highest BCUT2D eigenvalue weighted by Crippen LogP contribution is 2.40. The number of rotatable bonds is 8. The first kappa shape index (κ1) is 21.1. The summed E-state index contributed by atoms with van der Waals surface area (Å²) in [6.45, 7) is 4.15. The van der Waals surface area contributed by atoms with E-state index in [9.17, 15) is 4.79 Å². The first-order valence-corrected chi connectivity index (χ1v) is 11.9. The Hall–Kier alpha value is -2.77. The van der Waals surface area contributed by atoms with Gasteiger partial charge in [0.2, 0.25) is 0 Å². The molecule has 1 N–H and O–H groups in total. The number of ether oxygens (including phenoxy) is 1. The zero-order valence-electron chi connectivity index (χ0n) is 17.8. The first-order chi connectivity index (χ1) is 15.5. The van der Waals surface area contributed by atoms with Gasteiger partial charge in [-0.3, -0.25) is 9.36 Å². The SMILES string of the molecule is Cc1[nH]c2ccccc2c1C(=O)C(C)Sc1nnc(COc2ccccc2Cl)n1C1CC1. The van der Waals surface area contributed by atoms with E-state index in [2.05, 4.69) is 19.7 Å². The number of H-pyrrole nitrogens is 1. The minimum Gasteiger partial charge on any atom is -0.484 e. The van der Waals surface area contributed by atoms with Gasteiger partial charge in [0, 0.05) is 28.2 Å². The number of hydrogen-bond donors (Lipinski definition) is 1. The van der Waals surface area contributed by atoms with E-state index in [1.165, 1.54) is 11.8 Å². The number of para-hydroxylation sites is 2. The molecule has 1 unspecified atom stereocenters. The topological polar surface area (TPSA) is 72.8 Å². The zero-order chi connectivity index (χ0) is 22.2. The third kappa shape index (κ3) is 4.02. The Labute approximate surface area is 195 Å². The smallest absolute Gasteiger partial charge is 0.192 e. The molecule has 0 amide bonds. The van der Waals surface area contributed by atoms with Gasteiger partial charge < -0.3 is 9.72 Å². The molecule has 2 heterocycles. The van der Waals surface area contributed by atoms with Crippen molar-refractivity contribution in [3.63, 3.8) is 0 Å². The van der Waals surface area contributed by atoms with Crippen molar-refractivity contribution in [1.82, 2.24) is 19.7 Å². The van der Waals surface area contributed by atoms with E-state index in [1.807, 2.05) is 56.3 Å². The molecule has 6 nitrogen and oxygen atoms in total. The Kier molecular flexibility index (Phi) is 5.69. The Morgan fingerprint density at radius 1 is 1.22 bits per heavy atom. The number of halogens is 1. The molecule has 1 saturated carbocycles. The third-order valence-electron chi connectivity index (χ3n) is 5.63. The summed E-state index contributed by atoms with van der Waals surface area (Å²) < 4.78 is 8.01. The summed E-state index contributed by atoms with van der Waals surface area (Å²) >= 11 is 7.66. The number of aromatic nitrogens is 4. The lowest BCUT2D eigenvalue weighted by molar-refractivity contribution is 0.0995. The molecule has 1 atom stereocenters. The number of fused-ring (bicyclic) bond motifs is 1. The summed E-state index contributed by atoms with van der Waals surface area (Å²) in [6.07, 6.45) is 2.16. The molecule has 0 spiro atoms. The Morgan fingerprint density at radius 3 is 2.75 bits per heavy atom. The van der Waals surface area contributed by atoms with Crippen LogP contribution < -0.4 is 4.74 Å². The Morgan fingerprint density at radius 2 is 1.97 bits per heavy atom. The molecule has 0 radical (unpaired) electrons. The molecule has 1 aliphatic rings. The van der Waals surface area contributed by atoms with E-state index >= 15 is 0 Å². The van der Waals surface area contributed by atoms with Crippen molar-refractivity contribution in [3.8, 4) is 5.75 Å². The number of ketones is 1. The predicted octanol–water partition coefficient (Wildman–Crippen LogP) is 6.00.